The summed E-state index contributed by atoms with van der Waals surface area (Å²) in [4.78, 5) is 4.42. The Balaban J connectivity index is 2.44. The van der Waals surface area contributed by atoms with E-state index in [0.717, 1.165) is 24.2 Å². The van der Waals surface area contributed by atoms with Crippen LogP contribution < -0.4 is 10.1 Å². The molecule has 2 aromatic rings. The third-order valence-electron chi connectivity index (χ3n) is 3.42. The summed E-state index contributed by atoms with van der Waals surface area (Å²) in [6, 6.07) is 8.80. The Kier molecular flexibility index (Phi) is 5.28. The van der Waals surface area contributed by atoms with Crippen molar-refractivity contribution >= 4 is 0 Å². The molecule has 0 radical (unpaired) electrons. The zero-order valence-electron chi connectivity index (χ0n) is 12.7. The summed E-state index contributed by atoms with van der Waals surface area (Å²) in [6.45, 7) is 4.67. The second-order valence-electron chi connectivity index (χ2n) is 4.99. The number of ether oxygens (including phenoxy) is 1. The van der Waals surface area contributed by atoms with Gasteiger partial charge in [0.2, 0.25) is 0 Å². The van der Waals surface area contributed by atoms with Crippen LogP contribution in [-0.2, 0) is 0 Å². The fourth-order valence-corrected chi connectivity index (χ4v) is 2.24. The van der Waals surface area contributed by atoms with Crippen molar-refractivity contribution in [2.45, 2.75) is 26.3 Å². The van der Waals surface area contributed by atoms with Crippen LogP contribution in [0, 0.1) is 12.7 Å². The molecule has 0 spiro atoms. The van der Waals surface area contributed by atoms with E-state index in [1.165, 1.54) is 0 Å². The van der Waals surface area contributed by atoms with Gasteiger partial charge in [-0.05, 0) is 49.2 Å². The minimum absolute atomic E-state index is 0.184. The summed E-state index contributed by atoms with van der Waals surface area (Å²) >= 11 is 0. The number of aromatic nitrogens is 1. The van der Waals surface area contributed by atoms with Gasteiger partial charge in [0.1, 0.15) is 17.3 Å². The summed E-state index contributed by atoms with van der Waals surface area (Å²) in [5.41, 5.74) is 2.27. The summed E-state index contributed by atoms with van der Waals surface area (Å²) in [5.74, 6) is 0.498. The van der Waals surface area contributed by atoms with Crippen LogP contribution in [0.2, 0.25) is 0 Å². The summed E-state index contributed by atoms with van der Waals surface area (Å²) in [7, 11) is 1.62. The summed E-state index contributed by atoms with van der Waals surface area (Å²) in [5, 5.41) is 3.41. The van der Waals surface area contributed by atoms with Crippen molar-refractivity contribution in [1.29, 1.82) is 0 Å². The van der Waals surface area contributed by atoms with Crippen molar-refractivity contribution in [3.8, 4) is 5.75 Å². The molecule has 1 unspecified atom stereocenters. The molecule has 0 saturated carbocycles. The van der Waals surface area contributed by atoms with Gasteiger partial charge >= 0.3 is 0 Å². The Labute approximate surface area is 125 Å². The molecule has 112 valence electrons. The normalized spacial score (nSPS) is 12.2. The van der Waals surface area contributed by atoms with E-state index in [4.69, 9.17) is 4.74 Å². The maximum Gasteiger partial charge on any atom is 0.142 e. The van der Waals surface area contributed by atoms with E-state index in [-0.39, 0.29) is 11.9 Å². The number of nitrogens with one attached hydrogen (secondary N) is 1. The lowest BCUT2D eigenvalue weighted by Crippen LogP contribution is -2.24. The predicted molar refractivity (Wildman–Crippen MR) is 82.1 cm³/mol. The number of aryl methyl sites for hydroxylation is 1. The van der Waals surface area contributed by atoms with Crippen LogP contribution in [-0.4, -0.2) is 18.6 Å². The number of hydrogen-bond donors (Lipinski definition) is 1. The van der Waals surface area contributed by atoms with E-state index < -0.39 is 0 Å². The molecule has 2 rings (SSSR count). The molecule has 1 heterocycles. The molecule has 0 aliphatic carbocycles. The number of pyridine rings is 1. The number of rotatable bonds is 6. The Morgan fingerprint density at radius 3 is 2.81 bits per heavy atom. The fraction of sp³-hybridized carbons (Fsp3) is 0.353. The standard InChI is InChI=1S/C17H21FN2O/c1-4-9-19-16(13-8-7-12(2)14(18)11-13)17-15(21-3)6-5-10-20-17/h5-8,10-11,16,19H,4,9H2,1-3H3. The SMILES string of the molecule is CCCNC(c1ccc(C)c(F)c1)c1ncccc1OC. The molecule has 0 fully saturated rings. The van der Waals surface area contributed by atoms with E-state index in [9.17, 15) is 4.39 Å². The first kappa shape index (κ1) is 15.4. The van der Waals surface area contributed by atoms with Crippen molar-refractivity contribution in [2.24, 2.45) is 0 Å². The minimum Gasteiger partial charge on any atom is -0.495 e. The van der Waals surface area contributed by atoms with E-state index in [1.807, 2.05) is 18.2 Å². The molecule has 0 aliphatic heterocycles. The van der Waals surface area contributed by atoms with Crippen LogP contribution in [0.15, 0.2) is 36.5 Å². The molecule has 0 aliphatic rings. The molecule has 0 amide bonds. The van der Waals surface area contributed by atoms with Crippen LogP contribution in [0.5, 0.6) is 5.75 Å². The molecule has 0 saturated heterocycles. The van der Waals surface area contributed by atoms with Crippen molar-refractivity contribution in [2.75, 3.05) is 13.7 Å². The zero-order chi connectivity index (χ0) is 15.2. The largest absolute Gasteiger partial charge is 0.495 e. The smallest absolute Gasteiger partial charge is 0.142 e. The van der Waals surface area contributed by atoms with Gasteiger partial charge in [0.05, 0.1) is 13.2 Å². The van der Waals surface area contributed by atoms with Gasteiger partial charge in [-0.25, -0.2) is 4.39 Å². The molecule has 1 aromatic carbocycles. The van der Waals surface area contributed by atoms with Gasteiger partial charge in [0, 0.05) is 6.20 Å². The Morgan fingerprint density at radius 1 is 1.33 bits per heavy atom. The summed E-state index contributed by atoms with van der Waals surface area (Å²) < 4.78 is 19.3. The highest BCUT2D eigenvalue weighted by atomic mass is 19.1. The molecular weight excluding hydrogens is 267 g/mol. The minimum atomic E-state index is -0.203. The van der Waals surface area contributed by atoms with Crippen LogP contribution >= 0.6 is 0 Å². The second kappa shape index (κ2) is 7.18. The number of methoxy groups -OCH3 is 1. The van der Waals surface area contributed by atoms with Gasteiger partial charge in [-0.3, -0.25) is 4.98 Å². The van der Waals surface area contributed by atoms with Crippen LogP contribution in [0.1, 0.15) is 36.2 Å². The highest BCUT2D eigenvalue weighted by Gasteiger charge is 2.19. The van der Waals surface area contributed by atoms with Gasteiger partial charge in [0.15, 0.2) is 0 Å². The lowest BCUT2D eigenvalue weighted by Gasteiger charge is -2.21. The Hall–Kier alpha value is -1.94. The third-order valence-corrected chi connectivity index (χ3v) is 3.42. The molecule has 3 nitrogen and oxygen atoms in total. The predicted octanol–water partition coefficient (Wildman–Crippen LogP) is 3.63. The van der Waals surface area contributed by atoms with Gasteiger partial charge in [0.25, 0.3) is 0 Å². The Morgan fingerprint density at radius 2 is 2.14 bits per heavy atom. The van der Waals surface area contributed by atoms with Crippen molar-refractivity contribution < 1.29 is 9.13 Å². The maximum atomic E-state index is 13.9. The van der Waals surface area contributed by atoms with Gasteiger partial charge in [-0.2, -0.15) is 0 Å². The van der Waals surface area contributed by atoms with E-state index in [2.05, 4.69) is 17.2 Å². The van der Waals surface area contributed by atoms with Gasteiger partial charge in [-0.15, -0.1) is 0 Å². The Bertz CT molecular complexity index is 601. The molecule has 21 heavy (non-hydrogen) atoms. The number of hydrogen-bond acceptors (Lipinski definition) is 3. The average molecular weight is 288 g/mol. The van der Waals surface area contributed by atoms with Gasteiger partial charge in [-0.1, -0.05) is 19.1 Å². The first-order valence-electron chi connectivity index (χ1n) is 7.15. The highest BCUT2D eigenvalue weighted by molar-refractivity contribution is 5.38. The van der Waals surface area contributed by atoms with Crippen molar-refractivity contribution in [1.82, 2.24) is 10.3 Å². The fourth-order valence-electron chi connectivity index (χ4n) is 2.24. The molecular formula is C17H21FN2O. The van der Waals surface area contributed by atoms with E-state index >= 15 is 0 Å². The molecule has 1 aromatic heterocycles. The maximum absolute atomic E-state index is 13.9. The van der Waals surface area contributed by atoms with E-state index in [1.54, 1.807) is 32.4 Å². The number of nitrogens with zero attached hydrogens (tertiary/aromatic N) is 1. The topological polar surface area (TPSA) is 34.2 Å². The van der Waals surface area contributed by atoms with Crippen LogP contribution in [0.25, 0.3) is 0 Å². The highest BCUT2D eigenvalue weighted by Crippen LogP contribution is 2.28. The molecule has 0 bridgehead atoms. The number of benzene rings is 1. The van der Waals surface area contributed by atoms with Crippen LogP contribution in [0.3, 0.4) is 0 Å². The monoisotopic (exact) mass is 288 g/mol. The first-order chi connectivity index (χ1) is 10.2. The first-order valence-corrected chi connectivity index (χ1v) is 7.15. The summed E-state index contributed by atoms with van der Waals surface area (Å²) in [6.07, 6.45) is 2.71. The quantitative estimate of drug-likeness (QED) is 0.881. The average Bonchev–Trinajstić information content (AvgIpc) is 2.51. The molecule has 1 atom stereocenters. The van der Waals surface area contributed by atoms with E-state index in [0.29, 0.717) is 11.3 Å². The van der Waals surface area contributed by atoms with Crippen LogP contribution in [0.4, 0.5) is 4.39 Å². The molecule has 4 heteroatoms. The second-order valence-corrected chi connectivity index (χ2v) is 4.99. The number of halogens is 1. The lowest BCUT2D eigenvalue weighted by molar-refractivity contribution is 0.399. The van der Waals surface area contributed by atoms with Crippen molar-refractivity contribution in [3.63, 3.8) is 0 Å². The lowest BCUT2D eigenvalue weighted by atomic mass is 10.0. The molecule has 1 N–H and O–H groups in total. The van der Waals surface area contributed by atoms with Crippen molar-refractivity contribution in [3.05, 3.63) is 59.2 Å². The zero-order valence-corrected chi connectivity index (χ0v) is 12.7. The third kappa shape index (κ3) is 3.58. The van der Waals surface area contributed by atoms with Gasteiger partial charge < -0.3 is 10.1 Å².